The molecule has 0 spiro atoms. The second kappa shape index (κ2) is 5.87. The molecule has 0 radical (unpaired) electrons. The number of nitrogens with zero attached hydrogens (tertiary/aromatic N) is 1. The highest BCUT2D eigenvalue weighted by molar-refractivity contribution is 5.73. The molecule has 0 aliphatic carbocycles. The van der Waals surface area contributed by atoms with Crippen LogP contribution >= 0.6 is 0 Å². The molecular formula is C14H19NO3. The van der Waals surface area contributed by atoms with Crippen LogP contribution in [-0.4, -0.2) is 41.7 Å². The van der Waals surface area contributed by atoms with Crippen molar-refractivity contribution in [3.63, 3.8) is 0 Å². The van der Waals surface area contributed by atoms with Crippen molar-refractivity contribution in [1.29, 1.82) is 0 Å². The Hall–Kier alpha value is -1.55. The van der Waals surface area contributed by atoms with E-state index >= 15 is 0 Å². The number of hydrogen-bond donors (Lipinski definition) is 1. The Bertz CT molecular complexity index is 419. The van der Waals surface area contributed by atoms with Crippen LogP contribution in [0.3, 0.4) is 0 Å². The first kappa shape index (κ1) is 12.9. The SMILES string of the molecule is Cc1ccccc1OCCN1CCCC1C(=O)O. The topological polar surface area (TPSA) is 49.8 Å². The molecule has 1 fully saturated rings. The highest BCUT2D eigenvalue weighted by atomic mass is 16.5. The Morgan fingerprint density at radius 3 is 3.00 bits per heavy atom. The average Bonchev–Trinajstić information content (AvgIpc) is 2.80. The van der Waals surface area contributed by atoms with Crippen molar-refractivity contribution in [2.24, 2.45) is 0 Å². The smallest absolute Gasteiger partial charge is 0.320 e. The van der Waals surface area contributed by atoms with E-state index in [1.807, 2.05) is 36.1 Å². The largest absolute Gasteiger partial charge is 0.492 e. The van der Waals surface area contributed by atoms with E-state index in [1.54, 1.807) is 0 Å². The number of aryl methyl sites for hydroxylation is 1. The summed E-state index contributed by atoms with van der Waals surface area (Å²) in [6.07, 6.45) is 1.71. The Morgan fingerprint density at radius 2 is 2.28 bits per heavy atom. The molecule has 1 heterocycles. The summed E-state index contributed by atoms with van der Waals surface area (Å²) in [5.74, 6) is 0.159. The average molecular weight is 249 g/mol. The zero-order valence-electron chi connectivity index (χ0n) is 10.6. The van der Waals surface area contributed by atoms with Crippen LogP contribution in [-0.2, 0) is 4.79 Å². The molecule has 0 amide bonds. The molecule has 0 saturated carbocycles. The van der Waals surface area contributed by atoms with Crippen LogP contribution in [0.25, 0.3) is 0 Å². The predicted octanol–water partition coefficient (Wildman–Crippen LogP) is 1.92. The first-order valence-electron chi connectivity index (χ1n) is 6.34. The van der Waals surface area contributed by atoms with Crippen LogP contribution in [0.1, 0.15) is 18.4 Å². The normalized spacial score (nSPS) is 19.9. The minimum Gasteiger partial charge on any atom is -0.492 e. The number of benzene rings is 1. The van der Waals surface area contributed by atoms with Gasteiger partial charge in [-0.3, -0.25) is 9.69 Å². The van der Waals surface area contributed by atoms with Gasteiger partial charge in [-0.2, -0.15) is 0 Å². The van der Waals surface area contributed by atoms with Crippen LogP contribution in [0.5, 0.6) is 5.75 Å². The van der Waals surface area contributed by atoms with Crippen LogP contribution in [0.4, 0.5) is 0 Å². The lowest BCUT2D eigenvalue weighted by Crippen LogP contribution is -2.38. The summed E-state index contributed by atoms with van der Waals surface area (Å²) >= 11 is 0. The van der Waals surface area contributed by atoms with Crippen molar-refractivity contribution < 1.29 is 14.6 Å². The van der Waals surface area contributed by atoms with Gasteiger partial charge in [0.1, 0.15) is 18.4 Å². The molecule has 0 bridgehead atoms. The fourth-order valence-corrected chi connectivity index (χ4v) is 2.36. The van der Waals surface area contributed by atoms with Crippen molar-refractivity contribution in [3.05, 3.63) is 29.8 Å². The lowest BCUT2D eigenvalue weighted by molar-refractivity contribution is -0.142. The maximum Gasteiger partial charge on any atom is 0.320 e. The van der Waals surface area contributed by atoms with E-state index in [0.29, 0.717) is 13.2 Å². The van der Waals surface area contributed by atoms with Crippen molar-refractivity contribution in [2.45, 2.75) is 25.8 Å². The Balaban J connectivity index is 1.82. The fourth-order valence-electron chi connectivity index (χ4n) is 2.36. The van der Waals surface area contributed by atoms with Crippen molar-refractivity contribution in [3.8, 4) is 5.75 Å². The summed E-state index contributed by atoms with van der Waals surface area (Å²) in [7, 11) is 0. The van der Waals surface area contributed by atoms with Gasteiger partial charge in [0.15, 0.2) is 0 Å². The number of para-hydroxylation sites is 1. The van der Waals surface area contributed by atoms with Crippen LogP contribution in [0.2, 0.25) is 0 Å². The zero-order chi connectivity index (χ0) is 13.0. The van der Waals surface area contributed by atoms with Gasteiger partial charge in [-0.1, -0.05) is 18.2 Å². The molecule has 1 aliphatic rings. The van der Waals surface area contributed by atoms with Gasteiger partial charge in [0.05, 0.1) is 0 Å². The number of likely N-dealkylation sites (tertiary alicyclic amines) is 1. The molecule has 1 N–H and O–H groups in total. The second-order valence-corrected chi connectivity index (χ2v) is 4.65. The zero-order valence-corrected chi connectivity index (χ0v) is 10.6. The lowest BCUT2D eigenvalue weighted by atomic mass is 10.2. The summed E-state index contributed by atoms with van der Waals surface area (Å²) in [4.78, 5) is 13.0. The maximum atomic E-state index is 11.0. The van der Waals surface area contributed by atoms with Gasteiger partial charge >= 0.3 is 5.97 Å². The number of ether oxygens (including phenoxy) is 1. The third-order valence-corrected chi connectivity index (χ3v) is 3.38. The third-order valence-electron chi connectivity index (χ3n) is 3.38. The van der Waals surface area contributed by atoms with Crippen LogP contribution in [0.15, 0.2) is 24.3 Å². The molecule has 98 valence electrons. The van der Waals surface area contributed by atoms with Gasteiger partial charge < -0.3 is 9.84 Å². The number of carbonyl (C=O) groups is 1. The summed E-state index contributed by atoms with van der Waals surface area (Å²) in [6, 6.07) is 7.53. The molecule has 1 unspecified atom stereocenters. The quantitative estimate of drug-likeness (QED) is 0.866. The summed E-state index contributed by atoms with van der Waals surface area (Å²) in [6.45, 7) is 4.07. The molecule has 1 atom stereocenters. The second-order valence-electron chi connectivity index (χ2n) is 4.65. The first-order valence-corrected chi connectivity index (χ1v) is 6.34. The van der Waals surface area contributed by atoms with E-state index in [0.717, 1.165) is 30.7 Å². The molecule has 18 heavy (non-hydrogen) atoms. The summed E-state index contributed by atoms with van der Waals surface area (Å²) in [5.41, 5.74) is 1.11. The number of carboxylic acid groups (broad SMARTS) is 1. The van der Waals surface area contributed by atoms with Crippen molar-refractivity contribution in [1.82, 2.24) is 4.90 Å². The van der Waals surface area contributed by atoms with E-state index in [1.165, 1.54) is 0 Å². The highest BCUT2D eigenvalue weighted by Crippen LogP contribution is 2.18. The van der Waals surface area contributed by atoms with Gasteiger partial charge in [0, 0.05) is 6.54 Å². The molecule has 0 aromatic heterocycles. The van der Waals surface area contributed by atoms with Gasteiger partial charge in [-0.05, 0) is 37.9 Å². The molecule has 4 heteroatoms. The first-order chi connectivity index (χ1) is 8.68. The third kappa shape index (κ3) is 3.01. The summed E-state index contributed by atoms with van der Waals surface area (Å²) in [5, 5.41) is 9.06. The molecule has 1 aliphatic heterocycles. The fraction of sp³-hybridized carbons (Fsp3) is 0.500. The Labute approximate surface area is 107 Å². The molecular weight excluding hydrogens is 230 g/mol. The number of rotatable bonds is 5. The number of hydrogen-bond acceptors (Lipinski definition) is 3. The highest BCUT2D eigenvalue weighted by Gasteiger charge is 2.29. The Morgan fingerprint density at radius 1 is 1.50 bits per heavy atom. The lowest BCUT2D eigenvalue weighted by Gasteiger charge is -2.21. The van der Waals surface area contributed by atoms with Gasteiger partial charge in [-0.25, -0.2) is 0 Å². The standard InChI is InChI=1S/C14H19NO3/c1-11-5-2-3-7-13(11)18-10-9-15-8-4-6-12(15)14(16)17/h2-3,5,7,12H,4,6,8-10H2,1H3,(H,16,17). The van der Waals surface area contributed by atoms with Crippen molar-refractivity contribution in [2.75, 3.05) is 19.7 Å². The number of carboxylic acids is 1. The maximum absolute atomic E-state index is 11.0. The predicted molar refractivity (Wildman–Crippen MR) is 68.9 cm³/mol. The van der Waals surface area contributed by atoms with E-state index in [2.05, 4.69) is 0 Å². The van der Waals surface area contributed by atoms with Crippen LogP contribution in [0, 0.1) is 6.92 Å². The van der Waals surface area contributed by atoms with E-state index in [-0.39, 0.29) is 6.04 Å². The number of aliphatic carboxylic acids is 1. The van der Waals surface area contributed by atoms with E-state index in [4.69, 9.17) is 9.84 Å². The molecule has 1 aromatic carbocycles. The molecule has 1 aromatic rings. The molecule has 4 nitrogen and oxygen atoms in total. The Kier molecular flexibility index (Phi) is 4.20. The minimum atomic E-state index is -0.719. The van der Waals surface area contributed by atoms with Crippen LogP contribution < -0.4 is 4.74 Å². The van der Waals surface area contributed by atoms with Gasteiger partial charge in [-0.15, -0.1) is 0 Å². The monoisotopic (exact) mass is 249 g/mol. The molecule has 2 rings (SSSR count). The van der Waals surface area contributed by atoms with Crippen molar-refractivity contribution >= 4 is 5.97 Å². The van der Waals surface area contributed by atoms with Gasteiger partial charge in [0.25, 0.3) is 0 Å². The minimum absolute atomic E-state index is 0.328. The van der Waals surface area contributed by atoms with E-state index in [9.17, 15) is 4.79 Å². The summed E-state index contributed by atoms with van der Waals surface area (Å²) < 4.78 is 5.69. The van der Waals surface area contributed by atoms with E-state index < -0.39 is 5.97 Å². The molecule has 1 saturated heterocycles. The van der Waals surface area contributed by atoms with Gasteiger partial charge in [0.2, 0.25) is 0 Å².